The molecular weight excluding hydrogens is 186 g/mol. The van der Waals surface area contributed by atoms with Gasteiger partial charge in [-0.15, -0.1) is 0 Å². The minimum atomic E-state index is -1.92. The average Bonchev–Trinajstić information content (AvgIpc) is 2.15. The molecular formula is C7H12F2O4. The van der Waals surface area contributed by atoms with Crippen LogP contribution in [0.15, 0.2) is 0 Å². The summed E-state index contributed by atoms with van der Waals surface area (Å²) in [4.78, 5) is 0. The second-order valence-electron chi connectivity index (χ2n) is 2.86. The van der Waals surface area contributed by atoms with Crippen molar-refractivity contribution < 1.29 is 28.5 Å². The van der Waals surface area contributed by atoms with E-state index < -0.39 is 37.4 Å². The van der Waals surface area contributed by atoms with Gasteiger partial charge < -0.3 is 19.7 Å². The topological polar surface area (TPSA) is 58.9 Å². The molecule has 0 aromatic heterocycles. The largest absolute Gasteiger partial charge is 0.387 e. The highest BCUT2D eigenvalue weighted by molar-refractivity contribution is 4.89. The van der Waals surface area contributed by atoms with Crippen molar-refractivity contribution in [3.8, 4) is 0 Å². The Bertz CT molecular complexity index is 149. The van der Waals surface area contributed by atoms with Gasteiger partial charge in [0.15, 0.2) is 12.5 Å². The zero-order valence-electron chi connectivity index (χ0n) is 7.06. The lowest BCUT2D eigenvalue weighted by Crippen LogP contribution is -2.56. The first-order valence-corrected chi connectivity index (χ1v) is 3.86. The number of aliphatic hydroxyl groups is 2. The van der Waals surface area contributed by atoms with Crippen LogP contribution in [0.3, 0.4) is 0 Å². The predicted octanol–water partition coefficient (Wildman–Crippen LogP) is -0.613. The first-order valence-electron chi connectivity index (χ1n) is 3.86. The molecule has 1 rings (SSSR count). The monoisotopic (exact) mass is 198 g/mol. The number of aliphatic hydroxyl groups excluding tert-OH is 2. The van der Waals surface area contributed by atoms with Crippen molar-refractivity contribution in [2.24, 2.45) is 0 Å². The first-order chi connectivity index (χ1) is 6.11. The van der Waals surface area contributed by atoms with Gasteiger partial charge >= 0.3 is 0 Å². The summed E-state index contributed by atoms with van der Waals surface area (Å²) in [6.07, 6.45) is -7.63. The summed E-state index contributed by atoms with van der Waals surface area (Å²) < 4.78 is 34.4. The van der Waals surface area contributed by atoms with E-state index in [0.717, 1.165) is 0 Å². The Hall–Kier alpha value is -0.300. The van der Waals surface area contributed by atoms with Gasteiger partial charge in [-0.05, 0) is 0 Å². The molecule has 2 N–H and O–H groups in total. The van der Waals surface area contributed by atoms with Gasteiger partial charge in [0.2, 0.25) is 0 Å². The van der Waals surface area contributed by atoms with E-state index in [1.807, 2.05) is 0 Å². The fourth-order valence-corrected chi connectivity index (χ4v) is 1.21. The molecule has 1 aliphatic rings. The van der Waals surface area contributed by atoms with Gasteiger partial charge in [-0.2, -0.15) is 0 Å². The lowest BCUT2D eigenvalue weighted by Gasteiger charge is -2.37. The quantitative estimate of drug-likeness (QED) is 0.621. The molecule has 0 bridgehead atoms. The molecule has 1 fully saturated rings. The maximum Gasteiger partial charge on any atom is 0.186 e. The molecule has 1 saturated heterocycles. The first kappa shape index (κ1) is 10.8. The molecule has 0 saturated carbocycles. The van der Waals surface area contributed by atoms with Crippen LogP contribution in [0.5, 0.6) is 0 Å². The Balaban J connectivity index is 2.66. The summed E-state index contributed by atoms with van der Waals surface area (Å²) in [5.74, 6) is 0. The Morgan fingerprint density at radius 1 is 1.38 bits per heavy atom. The van der Waals surface area contributed by atoms with Gasteiger partial charge in [0.1, 0.15) is 25.0 Å². The summed E-state index contributed by atoms with van der Waals surface area (Å²) in [7, 11) is 1.22. The lowest BCUT2D eigenvalue weighted by molar-refractivity contribution is -0.280. The van der Waals surface area contributed by atoms with Crippen LogP contribution in [0.1, 0.15) is 0 Å². The minimum Gasteiger partial charge on any atom is -0.387 e. The van der Waals surface area contributed by atoms with Crippen molar-refractivity contribution in [3.05, 3.63) is 0 Å². The van der Waals surface area contributed by atoms with Crippen LogP contribution >= 0.6 is 0 Å². The van der Waals surface area contributed by atoms with E-state index in [4.69, 9.17) is 14.9 Å². The standard InChI is InChI=1S/C7H12F2O4/c1-12-7-6(11)5(10)4(9)3(2-8)13-7/h3-7,10-11H,2H2,1H3/t3-,4+,5+,6-,7+/m1/s1. The number of methoxy groups -OCH3 is 1. The second-order valence-corrected chi connectivity index (χ2v) is 2.86. The second kappa shape index (κ2) is 4.28. The SMILES string of the molecule is CO[C@H]1O[C@H](CF)[C@H](F)[C@H](O)[C@H]1O. The Kier molecular flexibility index (Phi) is 3.55. The average molecular weight is 198 g/mol. The molecule has 78 valence electrons. The van der Waals surface area contributed by atoms with E-state index in [2.05, 4.69) is 4.74 Å². The zero-order chi connectivity index (χ0) is 10.0. The van der Waals surface area contributed by atoms with Crippen LogP contribution < -0.4 is 0 Å². The molecule has 13 heavy (non-hydrogen) atoms. The summed E-state index contributed by atoms with van der Waals surface area (Å²) in [6, 6.07) is 0. The van der Waals surface area contributed by atoms with E-state index in [1.54, 1.807) is 0 Å². The molecule has 5 atom stereocenters. The highest BCUT2D eigenvalue weighted by Gasteiger charge is 2.45. The Labute approximate surface area is 74.1 Å². The van der Waals surface area contributed by atoms with Crippen LogP contribution in [0.4, 0.5) is 8.78 Å². The molecule has 4 nitrogen and oxygen atoms in total. The Morgan fingerprint density at radius 3 is 2.46 bits per heavy atom. The third-order valence-electron chi connectivity index (χ3n) is 2.00. The molecule has 1 aliphatic heterocycles. The van der Waals surface area contributed by atoms with Crippen LogP contribution in [0.2, 0.25) is 0 Å². The molecule has 1 heterocycles. The third kappa shape index (κ3) is 1.96. The maximum absolute atomic E-state index is 13.0. The molecule has 0 amide bonds. The fourth-order valence-electron chi connectivity index (χ4n) is 1.21. The summed E-state index contributed by atoms with van der Waals surface area (Å²) in [5.41, 5.74) is 0. The molecule has 0 spiro atoms. The van der Waals surface area contributed by atoms with E-state index >= 15 is 0 Å². The molecule has 0 aromatic rings. The molecule has 0 aliphatic carbocycles. The van der Waals surface area contributed by atoms with Crippen molar-refractivity contribution in [1.82, 2.24) is 0 Å². The van der Waals surface area contributed by atoms with E-state index in [1.165, 1.54) is 7.11 Å². The molecule has 0 radical (unpaired) electrons. The normalized spacial score (nSPS) is 46.4. The highest BCUT2D eigenvalue weighted by Crippen LogP contribution is 2.24. The number of hydrogen-bond donors (Lipinski definition) is 2. The van der Waals surface area contributed by atoms with Gasteiger partial charge in [0, 0.05) is 7.11 Å². The Morgan fingerprint density at radius 2 is 2.00 bits per heavy atom. The smallest absolute Gasteiger partial charge is 0.186 e. The minimum absolute atomic E-state index is 1.06. The van der Waals surface area contributed by atoms with Crippen molar-refractivity contribution >= 4 is 0 Å². The summed E-state index contributed by atoms with van der Waals surface area (Å²) in [6.45, 7) is -1.06. The predicted molar refractivity (Wildman–Crippen MR) is 38.6 cm³/mol. The van der Waals surface area contributed by atoms with E-state index in [0.29, 0.717) is 0 Å². The van der Waals surface area contributed by atoms with Crippen LogP contribution in [-0.2, 0) is 9.47 Å². The van der Waals surface area contributed by atoms with Crippen molar-refractivity contribution in [2.75, 3.05) is 13.8 Å². The van der Waals surface area contributed by atoms with Gasteiger partial charge in [0.05, 0.1) is 0 Å². The highest BCUT2D eigenvalue weighted by atomic mass is 19.1. The van der Waals surface area contributed by atoms with E-state index in [-0.39, 0.29) is 0 Å². The molecule has 0 unspecified atom stereocenters. The van der Waals surface area contributed by atoms with Crippen LogP contribution in [0, 0.1) is 0 Å². The van der Waals surface area contributed by atoms with Gasteiger partial charge in [0.25, 0.3) is 0 Å². The number of halogens is 2. The lowest BCUT2D eigenvalue weighted by atomic mass is 10.0. The van der Waals surface area contributed by atoms with Gasteiger partial charge in [-0.3, -0.25) is 0 Å². The van der Waals surface area contributed by atoms with Crippen molar-refractivity contribution in [1.29, 1.82) is 0 Å². The van der Waals surface area contributed by atoms with E-state index in [9.17, 15) is 8.78 Å². The maximum atomic E-state index is 13.0. The third-order valence-corrected chi connectivity index (χ3v) is 2.00. The van der Waals surface area contributed by atoms with Crippen molar-refractivity contribution in [2.45, 2.75) is 30.8 Å². The number of hydrogen-bond acceptors (Lipinski definition) is 4. The molecule has 0 aromatic carbocycles. The fraction of sp³-hybridized carbons (Fsp3) is 1.00. The van der Waals surface area contributed by atoms with Gasteiger partial charge in [-0.1, -0.05) is 0 Å². The number of ether oxygens (including phenoxy) is 2. The summed E-state index contributed by atoms with van der Waals surface area (Å²) >= 11 is 0. The zero-order valence-corrected chi connectivity index (χ0v) is 7.06. The van der Waals surface area contributed by atoms with Crippen LogP contribution in [-0.4, -0.2) is 54.8 Å². The van der Waals surface area contributed by atoms with Gasteiger partial charge in [-0.25, -0.2) is 8.78 Å². The van der Waals surface area contributed by atoms with Crippen molar-refractivity contribution in [3.63, 3.8) is 0 Å². The molecule has 6 heteroatoms. The number of alkyl halides is 2. The number of rotatable bonds is 2. The van der Waals surface area contributed by atoms with Crippen LogP contribution in [0.25, 0.3) is 0 Å². The summed E-state index contributed by atoms with van der Waals surface area (Å²) in [5, 5.41) is 18.3.